The van der Waals surface area contributed by atoms with Gasteiger partial charge in [-0.3, -0.25) is 4.79 Å². The molecule has 0 heterocycles. The summed E-state index contributed by atoms with van der Waals surface area (Å²) in [5, 5.41) is 20.7. The summed E-state index contributed by atoms with van der Waals surface area (Å²) >= 11 is 0. The van der Waals surface area contributed by atoms with E-state index in [4.69, 9.17) is 0 Å². The van der Waals surface area contributed by atoms with Gasteiger partial charge in [0.15, 0.2) is 0 Å². The topological polar surface area (TPSA) is 137 Å². The van der Waals surface area contributed by atoms with Gasteiger partial charge in [-0.25, -0.2) is 0 Å². The van der Waals surface area contributed by atoms with Gasteiger partial charge < -0.3 is 30.0 Å². The van der Waals surface area contributed by atoms with E-state index in [-0.39, 0.29) is 40.6 Å². The normalized spacial score (nSPS) is 11.1. The molecule has 0 amide bonds. The molecule has 8 heteroatoms. The molecule has 0 fully saturated rings. The minimum atomic E-state index is -1.36. The van der Waals surface area contributed by atoms with Crippen molar-refractivity contribution in [3.8, 4) is 5.75 Å². The smallest absolute Gasteiger partial charge is 0.870 e. The number of carbonyl (C=O) groups is 3. The van der Waals surface area contributed by atoms with E-state index in [1.165, 1.54) is 25.1 Å². The van der Waals surface area contributed by atoms with Gasteiger partial charge in [-0.1, -0.05) is 92.0 Å². The molecule has 1 rings (SSSR count). The van der Waals surface area contributed by atoms with E-state index in [0.717, 1.165) is 38.5 Å². The monoisotopic (exact) mass is 550 g/mol. The van der Waals surface area contributed by atoms with E-state index in [1.54, 1.807) is 6.07 Å². The molecule has 7 nitrogen and oxygen atoms in total. The van der Waals surface area contributed by atoms with E-state index >= 15 is 0 Å². The number of carbonyl (C=O) groups excluding carboxylic acids is 3. The molecule has 0 aliphatic heterocycles. The van der Waals surface area contributed by atoms with Gasteiger partial charge in [0.2, 0.25) is 0 Å². The zero-order valence-corrected chi connectivity index (χ0v) is 24.0. The second kappa shape index (κ2) is 29.1. The Balaban J connectivity index is -0.000000732. The van der Waals surface area contributed by atoms with E-state index < -0.39 is 17.9 Å². The van der Waals surface area contributed by atoms with Crippen molar-refractivity contribution >= 4 is 35.3 Å². The number of hydrogen-bond donors (Lipinski definition) is 0. The molecule has 0 unspecified atom stereocenters. The molecular weight excluding hydrogens is 511 g/mol. The number of ether oxygens (including phenoxy) is 1. The van der Waals surface area contributed by atoms with Crippen molar-refractivity contribution < 1.29 is 34.8 Å². The van der Waals surface area contributed by atoms with Gasteiger partial charge in [-0.15, -0.1) is 0 Å². The number of benzene rings is 1. The van der Waals surface area contributed by atoms with Crippen LogP contribution in [-0.2, 0) is 9.59 Å². The SMILES string of the molecule is CC(=O)Oc1ccccc1C(=O)[O-].CC/C=C/C/C=C/C/C=C/C/C=C/C/C=C/C/C=C/CCC(=O)[O-].[Al+3].[OH-]. The molecule has 0 aliphatic rings. The fourth-order valence-corrected chi connectivity index (χ4v) is 2.72. The zero-order chi connectivity index (χ0) is 27.6. The van der Waals surface area contributed by atoms with Crippen LogP contribution in [0, 0.1) is 0 Å². The molecule has 0 aliphatic carbocycles. The van der Waals surface area contributed by atoms with Gasteiger partial charge in [0, 0.05) is 18.5 Å². The average molecular weight is 551 g/mol. The Morgan fingerprint density at radius 3 is 1.51 bits per heavy atom. The molecule has 1 aromatic rings. The molecule has 0 spiro atoms. The Kier molecular flexibility index (Phi) is 29.9. The van der Waals surface area contributed by atoms with E-state index in [1.807, 2.05) is 12.2 Å². The summed E-state index contributed by atoms with van der Waals surface area (Å²) in [5.41, 5.74) is -0.127. The first-order chi connectivity index (χ1) is 17.9. The number of para-hydroxylation sites is 1. The first kappa shape index (κ1) is 40.1. The number of allylic oxidation sites excluding steroid dienone is 12. The van der Waals surface area contributed by atoms with Crippen molar-refractivity contribution in [3.05, 3.63) is 103 Å². The summed E-state index contributed by atoms with van der Waals surface area (Å²) in [6.07, 6.45) is 32.1. The van der Waals surface area contributed by atoms with Crippen molar-refractivity contribution in [2.24, 2.45) is 0 Å². The third kappa shape index (κ3) is 27.4. The molecular formula is C31H39AlO7. The standard InChI is InChI=1S/C22H32O2.C9H8O4.Al.H2O/c1-2-3-4-5-6-7-8-9-10-11-12-13-14-15-16-17-18-19-20-21-22(23)24;1-6(10)13-8-5-3-2-4-7(8)9(11)12;;/h3-4,6-7,9-10,12-13,15-16,18-19H,2,5,8,11,14,17,20-21H2,1H3,(H,23,24);2-5H,1H3,(H,11,12);;1H2/q;;+3;/p-3/b4-3+,7-6+,10-9+,13-12+,16-15+,19-18+;;;. The van der Waals surface area contributed by atoms with Crippen LogP contribution in [0.15, 0.2) is 97.2 Å². The van der Waals surface area contributed by atoms with Crippen molar-refractivity contribution in [2.75, 3.05) is 0 Å². The number of carboxylic acid groups (broad SMARTS) is 2. The van der Waals surface area contributed by atoms with Crippen LogP contribution < -0.4 is 14.9 Å². The molecule has 0 bridgehead atoms. The fourth-order valence-electron chi connectivity index (χ4n) is 2.72. The predicted molar refractivity (Wildman–Crippen MR) is 152 cm³/mol. The Hall–Kier alpha value is -3.44. The summed E-state index contributed by atoms with van der Waals surface area (Å²) in [6, 6.07) is 5.81. The molecule has 39 heavy (non-hydrogen) atoms. The van der Waals surface area contributed by atoms with Crippen molar-refractivity contribution in [1.82, 2.24) is 0 Å². The molecule has 0 atom stereocenters. The predicted octanol–water partition coefficient (Wildman–Crippen LogP) is 4.63. The van der Waals surface area contributed by atoms with Crippen molar-refractivity contribution in [1.29, 1.82) is 0 Å². The molecule has 208 valence electrons. The Bertz CT molecular complexity index is 973. The summed E-state index contributed by atoms with van der Waals surface area (Å²) < 4.78 is 4.65. The summed E-state index contributed by atoms with van der Waals surface area (Å²) in [6.45, 7) is 3.35. The average Bonchev–Trinajstić information content (AvgIpc) is 2.85. The molecule has 1 aromatic carbocycles. The number of hydrogen-bond acceptors (Lipinski definition) is 7. The largest absolute Gasteiger partial charge is 3.00 e. The first-order valence-corrected chi connectivity index (χ1v) is 12.5. The minimum absolute atomic E-state index is 0. The van der Waals surface area contributed by atoms with Gasteiger partial charge in [0.25, 0.3) is 0 Å². The van der Waals surface area contributed by atoms with Crippen LogP contribution in [0.5, 0.6) is 5.75 Å². The van der Waals surface area contributed by atoms with E-state index in [2.05, 4.69) is 72.4 Å². The fraction of sp³-hybridized carbons (Fsp3) is 0.323. The first-order valence-electron chi connectivity index (χ1n) is 12.5. The number of aromatic carboxylic acids is 1. The van der Waals surface area contributed by atoms with Crippen LogP contribution in [0.3, 0.4) is 0 Å². The van der Waals surface area contributed by atoms with Crippen LogP contribution >= 0.6 is 0 Å². The zero-order valence-electron chi connectivity index (χ0n) is 22.9. The third-order valence-electron chi connectivity index (χ3n) is 4.47. The van der Waals surface area contributed by atoms with Gasteiger partial charge in [0.05, 0.1) is 5.97 Å². The van der Waals surface area contributed by atoms with Gasteiger partial charge >= 0.3 is 23.3 Å². The maximum Gasteiger partial charge on any atom is 3.00 e. The maximum atomic E-state index is 10.6. The molecule has 0 saturated heterocycles. The maximum absolute atomic E-state index is 10.6. The molecule has 0 radical (unpaired) electrons. The third-order valence-corrected chi connectivity index (χ3v) is 4.47. The number of carboxylic acids is 2. The molecule has 0 saturated carbocycles. The Labute approximate surface area is 243 Å². The van der Waals surface area contributed by atoms with Crippen LogP contribution in [-0.4, -0.2) is 40.7 Å². The van der Waals surface area contributed by atoms with Crippen molar-refractivity contribution in [3.63, 3.8) is 0 Å². The number of esters is 1. The quantitative estimate of drug-likeness (QED) is 0.127. The summed E-state index contributed by atoms with van der Waals surface area (Å²) in [7, 11) is 0. The molecule has 0 aromatic heterocycles. The number of rotatable bonds is 16. The van der Waals surface area contributed by atoms with Crippen LogP contribution in [0.4, 0.5) is 0 Å². The van der Waals surface area contributed by atoms with Gasteiger partial charge in [-0.05, 0) is 63.5 Å². The van der Waals surface area contributed by atoms with Gasteiger partial charge in [0.1, 0.15) is 5.75 Å². The molecule has 1 N–H and O–H groups in total. The second-order valence-electron chi connectivity index (χ2n) is 7.70. The van der Waals surface area contributed by atoms with E-state index in [0.29, 0.717) is 6.42 Å². The number of aliphatic carboxylic acids is 1. The van der Waals surface area contributed by atoms with Crippen LogP contribution in [0.1, 0.15) is 75.6 Å². The van der Waals surface area contributed by atoms with E-state index in [9.17, 15) is 24.6 Å². The summed E-state index contributed by atoms with van der Waals surface area (Å²) in [5.74, 6) is -2.91. The second-order valence-corrected chi connectivity index (χ2v) is 7.70. The van der Waals surface area contributed by atoms with Crippen molar-refractivity contribution in [2.45, 2.75) is 65.2 Å². The minimum Gasteiger partial charge on any atom is -0.870 e. The Morgan fingerprint density at radius 1 is 0.718 bits per heavy atom. The van der Waals surface area contributed by atoms with Gasteiger partial charge in [-0.2, -0.15) is 0 Å². The van der Waals surface area contributed by atoms with Crippen LogP contribution in [0.2, 0.25) is 0 Å². The summed E-state index contributed by atoms with van der Waals surface area (Å²) in [4.78, 5) is 31.3. The Morgan fingerprint density at radius 2 is 1.13 bits per heavy atom. The van der Waals surface area contributed by atoms with Crippen LogP contribution in [0.25, 0.3) is 0 Å².